The highest BCUT2D eigenvalue weighted by atomic mass is 16.3. The van der Waals surface area contributed by atoms with Crippen molar-refractivity contribution in [3.63, 3.8) is 0 Å². The first-order chi connectivity index (χ1) is 13.5. The van der Waals surface area contributed by atoms with Crippen LogP contribution < -0.4 is 10.6 Å². The van der Waals surface area contributed by atoms with Crippen LogP contribution in [0.3, 0.4) is 0 Å². The molecule has 28 heavy (non-hydrogen) atoms. The van der Waals surface area contributed by atoms with Gasteiger partial charge in [0, 0.05) is 24.0 Å². The lowest BCUT2D eigenvalue weighted by molar-refractivity contribution is -0.129. The normalized spacial score (nSPS) is 33.5. The standard InChI is InChI=1S/C20H25N7O/c1-10-4-15(27-26-10)23-18-17-14(2-3-21-17)22-19(25-18)24-16-12-5-11-6-13(16)9-20(28,7-11)8-12/h2-4,11-13,16,21,28H,5-9H2,1H3,(H3,22,23,24,25,26,27). The van der Waals surface area contributed by atoms with Crippen LogP contribution in [0, 0.1) is 24.7 Å². The van der Waals surface area contributed by atoms with Crippen LogP contribution in [0.15, 0.2) is 18.3 Å². The van der Waals surface area contributed by atoms with E-state index in [0.717, 1.165) is 41.8 Å². The molecular formula is C20H25N7O. The molecule has 3 heterocycles. The molecule has 0 spiro atoms. The van der Waals surface area contributed by atoms with Gasteiger partial charge < -0.3 is 20.7 Å². The van der Waals surface area contributed by atoms with Crippen molar-refractivity contribution in [3.05, 3.63) is 24.0 Å². The number of nitrogens with zero attached hydrogens (tertiary/aromatic N) is 3. The third-order valence-electron chi connectivity index (χ3n) is 6.89. The number of aromatic amines is 2. The molecule has 4 bridgehead atoms. The van der Waals surface area contributed by atoms with E-state index in [0.29, 0.717) is 35.6 Å². The SMILES string of the molecule is Cc1cc(Nc2nc(NC3C4CC5CC3CC(O)(C5)C4)nc3cc[nH]c23)n[nH]1. The Morgan fingerprint density at radius 2 is 2.00 bits per heavy atom. The van der Waals surface area contributed by atoms with E-state index < -0.39 is 5.60 Å². The van der Waals surface area contributed by atoms with Gasteiger partial charge in [0.1, 0.15) is 5.52 Å². The Balaban J connectivity index is 1.31. The Morgan fingerprint density at radius 3 is 2.71 bits per heavy atom. The molecule has 5 N–H and O–H groups in total. The number of fused-ring (bicyclic) bond motifs is 1. The molecule has 0 aliphatic heterocycles. The van der Waals surface area contributed by atoms with Crippen molar-refractivity contribution < 1.29 is 5.11 Å². The fourth-order valence-corrected chi connectivity index (χ4v) is 6.07. The molecule has 0 saturated heterocycles. The minimum atomic E-state index is -0.426. The highest BCUT2D eigenvalue weighted by Crippen LogP contribution is 2.56. The molecule has 2 atom stereocenters. The van der Waals surface area contributed by atoms with E-state index in [1.54, 1.807) is 0 Å². The largest absolute Gasteiger partial charge is 0.390 e. The Labute approximate surface area is 162 Å². The zero-order valence-corrected chi connectivity index (χ0v) is 15.9. The molecule has 2 unspecified atom stereocenters. The zero-order valence-electron chi connectivity index (χ0n) is 15.9. The van der Waals surface area contributed by atoms with E-state index in [1.165, 1.54) is 12.8 Å². The second-order valence-electron chi connectivity index (χ2n) is 9.06. The minimum Gasteiger partial charge on any atom is -0.390 e. The molecule has 4 fully saturated rings. The monoisotopic (exact) mass is 379 g/mol. The van der Waals surface area contributed by atoms with Crippen molar-refractivity contribution in [1.29, 1.82) is 0 Å². The average molecular weight is 379 g/mol. The topological polar surface area (TPSA) is 115 Å². The molecule has 0 amide bonds. The van der Waals surface area contributed by atoms with Gasteiger partial charge in [0.05, 0.1) is 11.1 Å². The molecule has 3 aromatic rings. The maximum absolute atomic E-state index is 10.8. The molecule has 4 aliphatic carbocycles. The number of nitrogens with one attached hydrogen (secondary N) is 4. The number of rotatable bonds is 4. The van der Waals surface area contributed by atoms with Crippen LogP contribution in [0.25, 0.3) is 11.0 Å². The van der Waals surface area contributed by atoms with Crippen molar-refractivity contribution >= 4 is 28.6 Å². The molecular weight excluding hydrogens is 354 g/mol. The number of hydrogen-bond donors (Lipinski definition) is 5. The first-order valence-corrected chi connectivity index (χ1v) is 10.2. The summed E-state index contributed by atoms with van der Waals surface area (Å²) in [5.41, 5.74) is 2.30. The Bertz CT molecular complexity index is 1020. The molecule has 0 radical (unpaired) electrons. The number of hydrogen-bond acceptors (Lipinski definition) is 6. The van der Waals surface area contributed by atoms with E-state index in [9.17, 15) is 5.11 Å². The smallest absolute Gasteiger partial charge is 0.225 e. The number of anilines is 3. The molecule has 4 saturated carbocycles. The molecule has 8 nitrogen and oxygen atoms in total. The lowest BCUT2D eigenvalue weighted by Crippen LogP contribution is -2.59. The molecule has 4 aliphatic rings. The summed E-state index contributed by atoms with van der Waals surface area (Å²) in [4.78, 5) is 12.7. The van der Waals surface area contributed by atoms with Gasteiger partial charge in [0.25, 0.3) is 0 Å². The van der Waals surface area contributed by atoms with Crippen molar-refractivity contribution in [2.24, 2.45) is 17.8 Å². The zero-order chi connectivity index (χ0) is 18.9. The van der Waals surface area contributed by atoms with Gasteiger partial charge in [-0.2, -0.15) is 10.1 Å². The summed E-state index contributed by atoms with van der Waals surface area (Å²) in [5.74, 6) is 3.79. The summed E-state index contributed by atoms with van der Waals surface area (Å²) in [6.45, 7) is 1.97. The summed E-state index contributed by atoms with van der Waals surface area (Å²) in [6, 6.07) is 4.25. The van der Waals surface area contributed by atoms with E-state index in [2.05, 4.69) is 25.8 Å². The summed E-state index contributed by atoms with van der Waals surface area (Å²) in [5, 5.41) is 25.0. The third-order valence-corrected chi connectivity index (χ3v) is 6.89. The predicted octanol–water partition coefficient (Wildman–Crippen LogP) is 3.08. The highest BCUT2D eigenvalue weighted by molar-refractivity contribution is 5.88. The van der Waals surface area contributed by atoms with Gasteiger partial charge in [0.15, 0.2) is 11.6 Å². The maximum atomic E-state index is 10.8. The average Bonchev–Trinajstić information content (AvgIpc) is 3.25. The van der Waals surface area contributed by atoms with Gasteiger partial charge in [-0.3, -0.25) is 5.10 Å². The summed E-state index contributed by atoms with van der Waals surface area (Å²) in [6.07, 6.45) is 7.10. The van der Waals surface area contributed by atoms with E-state index in [1.807, 2.05) is 25.3 Å². The lowest BCUT2D eigenvalue weighted by atomic mass is 9.52. The summed E-state index contributed by atoms with van der Waals surface area (Å²) in [7, 11) is 0. The van der Waals surface area contributed by atoms with Crippen molar-refractivity contribution in [2.45, 2.75) is 50.7 Å². The maximum Gasteiger partial charge on any atom is 0.225 e. The van der Waals surface area contributed by atoms with Crippen LogP contribution in [0.1, 0.15) is 37.8 Å². The fourth-order valence-electron chi connectivity index (χ4n) is 6.07. The van der Waals surface area contributed by atoms with Crippen molar-refractivity contribution in [3.8, 4) is 0 Å². The van der Waals surface area contributed by atoms with Gasteiger partial charge in [0.2, 0.25) is 5.95 Å². The third kappa shape index (κ3) is 2.58. The van der Waals surface area contributed by atoms with Gasteiger partial charge in [-0.05, 0) is 62.8 Å². The van der Waals surface area contributed by atoms with Crippen LogP contribution >= 0.6 is 0 Å². The Kier molecular flexibility index (Phi) is 3.33. The Hall–Kier alpha value is -2.61. The summed E-state index contributed by atoms with van der Waals surface area (Å²) >= 11 is 0. The molecule has 146 valence electrons. The van der Waals surface area contributed by atoms with E-state index >= 15 is 0 Å². The first kappa shape index (κ1) is 16.4. The van der Waals surface area contributed by atoms with Crippen molar-refractivity contribution in [1.82, 2.24) is 25.1 Å². The molecule has 3 aromatic heterocycles. The fraction of sp³-hybridized carbons (Fsp3) is 0.550. The molecule has 0 aromatic carbocycles. The van der Waals surface area contributed by atoms with Crippen LogP contribution in [0.2, 0.25) is 0 Å². The Morgan fingerprint density at radius 1 is 1.18 bits per heavy atom. The second kappa shape index (κ2) is 5.70. The quantitative estimate of drug-likeness (QED) is 0.476. The van der Waals surface area contributed by atoms with Gasteiger partial charge in [-0.1, -0.05) is 0 Å². The number of H-pyrrole nitrogens is 2. The second-order valence-corrected chi connectivity index (χ2v) is 9.06. The van der Waals surface area contributed by atoms with Crippen LogP contribution in [0.5, 0.6) is 0 Å². The van der Waals surface area contributed by atoms with Crippen molar-refractivity contribution in [2.75, 3.05) is 10.6 Å². The summed E-state index contributed by atoms with van der Waals surface area (Å²) < 4.78 is 0. The molecule has 7 rings (SSSR count). The van der Waals surface area contributed by atoms with Gasteiger partial charge >= 0.3 is 0 Å². The van der Waals surface area contributed by atoms with Crippen LogP contribution in [-0.4, -0.2) is 41.9 Å². The van der Waals surface area contributed by atoms with Crippen LogP contribution in [0.4, 0.5) is 17.6 Å². The minimum absolute atomic E-state index is 0.341. The molecule has 8 heteroatoms. The predicted molar refractivity (Wildman–Crippen MR) is 106 cm³/mol. The van der Waals surface area contributed by atoms with Gasteiger partial charge in [-0.25, -0.2) is 4.98 Å². The first-order valence-electron chi connectivity index (χ1n) is 10.2. The van der Waals surface area contributed by atoms with E-state index in [4.69, 9.17) is 9.97 Å². The van der Waals surface area contributed by atoms with Gasteiger partial charge in [-0.15, -0.1) is 0 Å². The lowest BCUT2D eigenvalue weighted by Gasteiger charge is -2.58. The number of aliphatic hydroxyl groups is 1. The highest BCUT2D eigenvalue weighted by Gasteiger charge is 2.54. The van der Waals surface area contributed by atoms with Crippen LogP contribution in [-0.2, 0) is 0 Å². The van der Waals surface area contributed by atoms with E-state index in [-0.39, 0.29) is 0 Å². The number of aromatic nitrogens is 5. The number of aryl methyl sites for hydroxylation is 1.